The van der Waals surface area contributed by atoms with Crippen LogP contribution in [0.25, 0.3) is 0 Å². The molecule has 0 unspecified atom stereocenters. The van der Waals surface area contributed by atoms with Gasteiger partial charge in [0.1, 0.15) is 0 Å². The molecule has 0 aliphatic rings. The Balaban J connectivity index is 4.11. The second-order valence-corrected chi connectivity index (χ2v) is 4.12. The van der Waals surface area contributed by atoms with Crippen molar-refractivity contribution in [1.82, 2.24) is 0 Å². The molecule has 0 amide bonds. The van der Waals surface area contributed by atoms with Gasteiger partial charge in [0.05, 0.1) is 0 Å². The summed E-state index contributed by atoms with van der Waals surface area (Å²) in [4.78, 5) is 1.28. The highest BCUT2D eigenvalue weighted by atomic mass is 32.2. The van der Waals surface area contributed by atoms with E-state index in [1.54, 1.807) is 0 Å². The highest BCUT2D eigenvalue weighted by molar-refractivity contribution is 8.03. The van der Waals surface area contributed by atoms with Gasteiger partial charge in [-0.05, 0) is 13.0 Å². The van der Waals surface area contributed by atoms with Crippen LogP contribution in [0.5, 0.6) is 0 Å². The van der Waals surface area contributed by atoms with Gasteiger partial charge in [-0.1, -0.05) is 38.7 Å². The third-order valence-corrected chi connectivity index (χ3v) is 2.00. The van der Waals surface area contributed by atoms with Crippen molar-refractivity contribution in [2.75, 3.05) is 0 Å². The maximum atomic E-state index is 3.67. The van der Waals surface area contributed by atoms with E-state index in [1.165, 1.54) is 4.91 Å². The van der Waals surface area contributed by atoms with Crippen molar-refractivity contribution in [1.29, 1.82) is 0 Å². The first kappa shape index (κ1) is 10.6. The lowest BCUT2D eigenvalue weighted by atomic mass is 10.4. The first-order valence-corrected chi connectivity index (χ1v) is 4.70. The number of allylic oxidation sites excluding steroid dienone is 4. The Hall–Kier alpha value is -0.430. The average Bonchev–Trinajstić information content (AvgIpc) is 1.87. The van der Waals surface area contributed by atoms with Crippen LogP contribution in [0.15, 0.2) is 35.8 Å². The molecule has 62 valence electrons. The van der Waals surface area contributed by atoms with Gasteiger partial charge in [0.15, 0.2) is 0 Å². The van der Waals surface area contributed by atoms with Crippen molar-refractivity contribution in [3.8, 4) is 0 Å². The van der Waals surface area contributed by atoms with Crippen molar-refractivity contribution in [2.45, 2.75) is 26.0 Å². The van der Waals surface area contributed by atoms with Crippen LogP contribution in [0.3, 0.4) is 0 Å². The van der Waals surface area contributed by atoms with Gasteiger partial charge in [-0.25, -0.2) is 0 Å². The molecule has 0 nitrogen and oxygen atoms in total. The summed E-state index contributed by atoms with van der Waals surface area (Å²) in [5.41, 5.74) is 0. The van der Waals surface area contributed by atoms with Gasteiger partial charge in [0.25, 0.3) is 0 Å². The van der Waals surface area contributed by atoms with Crippen molar-refractivity contribution >= 4 is 11.8 Å². The lowest BCUT2D eigenvalue weighted by molar-refractivity contribution is 1.12. The molecule has 0 aliphatic carbocycles. The molecular formula is C10H16S. The summed E-state index contributed by atoms with van der Waals surface area (Å²) in [7, 11) is 0. The quantitative estimate of drug-likeness (QED) is 0.576. The van der Waals surface area contributed by atoms with E-state index in [9.17, 15) is 0 Å². The number of rotatable bonds is 4. The molecule has 0 aromatic rings. The fourth-order valence-electron chi connectivity index (χ4n) is 0.687. The molecule has 0 saturated carbocycles. The normalized spacial score (nSPS) is 12.9. The summed E-state index contributed by atoms with van der Waals surface area (Å²) >= 11 is 1.85. The minimum Gasteiger partial charge on any atom is -0.123 e. The molecule has 0 aliphatic heterocycles. The van der Waals surface area contributed by atoms with Crippen LogP contribution in [-0.2, 0) is 0 Å². The summed E-state index contributed by atoms with van der Waals surface area (Å²) in [5.74, 6) is 0. The molecule has 0 fully saturated rings. The zero-order valence-electron chi connectivity index (χ0n) is 7.50. The Morgan fingerprint density at radius 2 is 2.09 bits per heavy atom. The lowest BCUT2D eigenvalue weighted by Crippen LogP contribution is -1.85. The first-order valence-electron chi connectivity index (χ1n) is 3.82. The van der Waals surface area contributed by atoms with Crippen molar-refractivity contribution < 1.29 is 0 Å². The molecule has 0 aromatic carbocycles. The summed E-state index contributed by atoms with van der Waals surface area (Å²) in [6.07, 6.45) is 8.01. The molecule has 11 heavy (non-hydrogen) atoms. The minimum atomic E-state index is 0.636. The third kappa shape index (κ3) is 5.99. The van der Waals surface area contributed by atoms with Crippen molar-refractivity contribution in [3.63, 3.8) is 0 Å². The zero-order valence-corrected chi connectivity index (χ0v) is 8.32. The van der Waals surface area contributed by atoms with Gasteiger partial charge in [-0.15, -0.1) is 11.8 Å². The van der Waals surface area contributed by atoms with Crippen LogP contribution >= 0.6 is 11.8 Å². The van der Waals surface area contributed by atoms with Crippen LogP contribution in [0.2, 0.25) is 0 Å². The van der Waals surface area contributed by atoms with E-state index in [1.807, 2.05) is 36.9 Å². The van der Waals surface area contributed by atoms with Gasteiger partial charge >= 0.3 is 0 Å². The first-order chi connectivity index (χ1) is 5.20. The van der Waals surface area contributed by atoms with Gasteiger partial charge in [-0.2, -0.15) is 0 Å². The van der Waals surface area contributed by atoms with E-state index in [-0.39, 0.29) is 0 Å². The van der Waals surface area contributed by atoms with Crippen LogP contribution in [-0.4, -0.2) is 5.25 Å². The molecule has 1 heteroatoms. The summed E-state index contributed by atoms with van der Waals surface area (Å²) in [6.45, 7) is 10.1. The Bertz CT molecular complexity index is 164. The highest BCUT2D eigenvalue weighted by Gasteiger charge is 1.95. The molecule has 0 aromatic heterocycles. The fraction of sp³-hybridized carbons (Fsp3) is 0.400. The monoisotopic (exact) mass is 168 g/mol. The van der Waals surface area contributed by atoms with Gasteiger partial charge in [0.2, 0.25) is 0 Å². The zero-order chi connectivity index (χ0) is 8.69. The Morgan fingerprint density at radius 1 is 1.45 bits per heavy atom. The van der Waals surface area contributed by atoms with Crippen molar-refractivity contribution in [3.05, 3.63) is 35.8 Å². The third-order valence-electron chi connectivity index (χ3n) is 0.985. The fourth-order valence-corrected chi connectivity index (χ4v) is 1.62. The van der Waals surface area contributed by atoms with Crippen LogP contribution in [0, 0.1) is 0 Å². The summed E-state index contributed by atoms with van der Waals surface area (Å²) in [5, 5.41) is 0.636. The maximum absolute atomic E-state index is 3.67. The molecule has 0 heterocycles. The van der Waals surface area contributed by atoms with E-state index < -0.39 is 0 Å². The molecule has 0 bridgehead atoms. The largest absolute Gasteiger partial charge is 0.123 e. The standard InChI is InChI=1S/C10H16S/c1-5-7-10(8-6-2)11-9(3)4/h5-9H,1H2,2-4H3. The predicted molar refractivity (Wildman–Crippen MR) is 55.8 cm³/mol. The SMILES string of the molecule is C=CC=C(C=CC)SC(C)C. The molecule has 0 atom stereocenters. The molecular weight excluding hydrogens is 152 g/mol. The topological polar surface area (TPSA) is 0 Å². The number of thioether (sulfide) groups is 1. The molecule has 0 spiro atoms. The smallest absolute Gasteiger partial charge is 0.00710 e. The summed E-state index contributed by atoms with van der Waals surface area (Å²) in [6, 6.07) is 0. The van der Waals surface area contributed by atoms with Gasteiger partial charge in [0, 0.05) is 10.2 Å². The second kappa shape index (κ2) is 6.29. The van der Waals surface area contributed by atoms with E-state index in [4.69, 9.17) is 0 Å². The van der Waals surface area contributed by atoms with E-state index in [0.717, 1.165) is 0 Å². The van der Waals surface area contributed by atoms with Crippen molar-refractivity contribution in [2.24, 2.45) is 0 Å². The van der Waals surface area contributed by atoms with Crippen LogP contribution < -0.4 is 0 Å². The minimum absolute atomic E-state index is 0.636. The summed E-state index contributed by atoms with van der Waals surface area (Å²) < 4.78 is 0. The Kier molecular flexibility index (Phi) is 6.05. The van der Waals surface area contributed by atoms with Crippen LogP contribution in [0.4, 0.5) is 0 Å². The van der Waals surface area contributed by atoms with E-state index in [0.29, 0.717) is 5.25 Å². The van der Waals surface area contributed by atoms with Gasteiger partial charge < -0.3 is 0 Å². The predicted octanol–water partition coefficient (Wildman–Crippen LogP) is 3.77. The van der Waals surface area contributed by atoms with E-state index >= 15 is 0 Å². The number of hydrogen-bond donors (Lipinski definition) is 0. The molecule has 0 saturated heterocycles. The highest BCUT2D eigenvalue weighted by Crippen LogP contribution is 2.22. The van der Waals surface area contributed by atoms with Crippen LogP contribution in [0.1, 0.15) is 20.8 Å². The molecule has 0 radical (unpaired) electrons. The van der Waals surface area contributed by atoms with E-state index in [2.05, 4.69) is 26.5 Å². The molecule has 0 N–H and O–H groups in total. The molecule has 0 rings (SSSR count). The Morgan fingerprint density at radius 3 is 2.45 bits per heavy atom. The second-order valence-electron chi connectivity index (χ2n) is 2.47. The Labute approximate surface area is 74.1 Å². The average molecular weight is 168 g/mol. The lowest BCUT2D eigenvalue weighted by Gasteiger charge is -2.03. The maximum Gasteiger partial charge on any atom is 0.00710 e. The van der Waals surface area contributed by atoms with Gasteiger partial charge in [-0.3, -0.25) is 0 Å². The number of hydrogen-bond acceptors (Lipinski definition) is 1.